The van der Waals surface area contributed by atoms with Gasteiger partial charge in [-0.25, -0.2) is 4.39 Å². The second-order valence-corrected chi connectivity index (χ2v) is 8.01. The molecule has 2 aromatic carbocycles. The lowest BCUT2D eigenvalue weighted by Gasteiger charge is -2.33. The maximum absolute atomic E-state index is 14.2. The first-order valence-corrected chi connectivity index (χ1v) is 9.80. The first kappa shape index (κ1) is 20.2. The third-order valence-corrected chi connectivity index (χ3v) is 5.94. The lowest BCUT2D eigenvalue weighted by Crippen LogP contribution is -2.25. The first-order chi connectivity index (χ1) is 13.3. The standard InChI is InChI=1S/C24H21F3S/c1-16-10-12-18-7-4-5-9-20(18)22(16)24(3,15-21(25)23(26)27)17(2)11-13-19-8-6-14-28-19/h4-14H,2,15H2,1,3H3/b13-11+. The van der Waals surface area contributed by atoms with Crippen molar-refractivity contribution in [1.82, 2.24) is 0 Å². The van der Waals surface area contributed by atoms with Crippen LogP contribution in [0.3, 0.4) is 0 Å². The van der Waals surface area contributed by atoms with Gasteiger partial charge in [0.05, 0.1) is 0 Å². The zero-order valence-corrected chi connectivity index (χ0v) is 16.6. The number of benzene rings is 2. The summed E-state index contributed by atoms with van der Waals surface area (Å²) in [6.07, 6.45) is 0.965. The Bertz CT molecular complexity index is 1060. The molecule has 0 nitrogen and oxygen atoms in total. The second-order valence-electron chi connectivity index (χ2n) is 7.03. The summed E-state index contributed by atoms with van der Waals surface area (Å²) in [5, 5.41) is 3.86. The molecule has 0 saturated carbocycles. The minimum Gasteiger partial charge on any atom is -0.206 e. The Morgan fingerprint density at radius 1 is 1.07 bits per heavy atom. The zero-order valence-electron chi connectivity index (χ0n) is 15.8. The van der Waals surface area contributed by atoms with Gasteiger partial charge >= 0.3 is 6.08 Å². The molecule has 0 N–H and O–H groups in total. The summed E-state index contributed by atoms with van der Waals surface area (Å²) in [4.78, 5) is 1.02. The molecule has 1 unspecified atom stereocenters. The molecule has 0 radical (unpaired) electrons. The van der Waals surface area contributed by atoms with Crippen LogP contribution in [0.25, 0.3) is 16.8 Å². The predicted molar refractivity (Wildman–Crippen MR) is 113 cm³/mol. The molecule has 28 heavy (non-hydrogen) atoms. The van der Waals surface area contributed by atoms with E-state index in [-0.39, 0.29) is 0 Å². The number of hydrogen-bond acceptors (Lipinski definition) is 1. The van der Waals surface area contributed by atoms with Crippen molar-refractivity contribution in [2.75, 3.05) is 0 Å². The van der Waals surface area contributed by atoms with Crippen molar-refractivity contribution in [1.29, 1.82) is 0 Å². The summed E-state index contributed by atoms with van der Waals surface area (Å²) < 4.78 is 40.2. The van der Waals surface area contributed by atoms with Crippen molar-refractivity contribution in [3.8, 4) is 0 Å². The van der Waals surface area contributed by atoms with Gasteiger partial charge < -0.3 is 0 Å². The average molecular weight is 398 g/mol. The van der Waals surface area contributed by atoms with Crippen LogP contribution < -0.4 is 0 Å². The van der Waals surface area contributed by atoms with E-state index in [4.69, 9.17) is 0 Å². The third-order valence-electron chi connectivity index (χ3n) is 5.10. The summed E-state index contributed by atoms with van der Waals surface area (Å²) in [7, 11) is 0. The van der Waals surface area contributed by atoms with Gasteiger partial charge in [0, 0.05) is 16.7 Å². The highest BCUT2D eigenvalue weighted by Gasteiger charge is 2.34. The number of aryl methyl sites for hydroxylation is 1. The number of rotatable bonds is 6. The lowest BCUT2D eigenvalue weighted by atomic mass is 9.70. The first-order valence-electron chi connectivity index (χ1n) is 8.92. The Morgan fingerprint density at radius 3 is 2.50 bits per heavy atom. The van der Waals surface area contributed by atoms with Crippen molar-refractivity contribution in [3.63, 3.8) is 0 Å². The Hall–Kier alpha value is -2.59. The Balaban J connectivity index is 2.18. The van der Waals surface area contributed by atoms with Gasteiger partial charge in [-0.2, -0.15) is 8.78 Å². The van der Waals surface area contributed by atoms with Crippen LogP contribution in [0.5, 0.6) is 0 Å². The van der Waals surface area contributed by atoms with Gasteiger partial charge in [0.15, 0.2) is 5.83 Å². The fourth-order valence-corrected chi connectivity index (χ4v) is 4.22. The van der Waals surface area contributed by atoms with E-state index in [0.717, 1.165) is 26.8 Å². The van der Waals surface area contributed by atoms with Crippen LogP contribution in [-0.2, 0) is 5.41 Å². The molecule has 144 valence electrons. The highest BCUT2D eigenvalue weighted by Crippen LogP contribution is 2.44. The van der Waals surface area contributed by atoms with Crippen LogP contribution in [-0.4, -0.2) is 0 Å². The third kappa shape index (κ3) is 3.97. The van der Waals surface area contributed by atoms with Gasteiger partial charge in [-0.15, -0.1) is 11.3 Å². The second kappa shape index (κ2) is 8.19. The van der Waals surface area contributed by atoms with E-state index >= 15 is 0 Å². The summed E-state index contributed by atoms with van der Waals surface area (Å²) in [6.45, 7) is 7.85. The van der Waals surface area contributed by atoms with E-state index in [0.29, 0.717) is 5.57 Å². The molecule has 1 heterocycles. The van der Waals surface area contributed by atoms with Gasteiger partial charge in [0.25, 0.3) is 0 Å². The Morgan fingerprint density at radius 2 is 1.82 bits per heavy atom. The number of hydrogen-bond donors (Lipinski definition) is 0. The predicted octanol–water partition coefficient (Wildman–Crippen LogP) is 8.20. The normalized spacial score (nSPS) is 13.6. The molecule has 0 fully saturated rings. The summed E-state index contributed by atoms with van der Waals surface area (Å²) in [6, 6.07) is 15.5. The molecular weight excluding hydrogens is 377 g/mol. The summed E-state index contributed by atoms with van der Waals surface area (Å²) in [5.74, 6) is -1.40. The highest BCUT2D eigenvalue weighted by atomic mass is 32.1. The van der Waals surface area contributed by atoms with E-state index in [9.17, 15) is 13.2 Å². The van der Waals surface area contributed by atoms with Gasteiger partial charge in [0.1, 0.15) is 0 Å². The van der Waals surface area contributed by atoms with Gasteiger partial charge in [-0.1, -0.05) is 62.0 Å². The van der Waals surface area contributed by atoms with E-state index in [1.54, 1.807) is 24.3 Å². The SMILES string of the molecule is C=C(/C=C/c1cccs1)C(C)(CC(F)=C(F)F)c1c(C)ccc2ccccc12. The summed E-state index contributed by atoms with van der Waals surface area (Å²) in [5.41, 5.74) is 1.30. The maximum Gasteiger partial charge on any atom is 0.301 e. The monoisotopic (exact) mass is 398 g/mol. The molecule has 0 bridgehead atoms. The molecule has 0 aliphatic rings. The zero-order chi connectivity index (χ0) is 20.3. The van der Waals surface area contributed by atoms with Crippen LogP contribution in [0.4, 0.5) is 13.2 Å². The van der Waals surface area contributed by atoms with Crippen LogP contribution in [0.15, 0.2) is 84.0 Å². The molecule has 4 heteroatoms. The highest BCUT2D eigenvalue weighted by molar-refractivity contribution is 7.10. The molecule has 3 aromatic rings. The minimum absolute atomic E-state index is 0.447. The smallest absolute Gasteiger partial charge is 0.206 e. The molecule has 0 amide bonds. The van der Waals surface area contributed by atoms with Crippen LogP contribution in [0.2, 0.25) is 0 Å². The van der Waals surface area contributed by atoms with Crippen molar-refractivity contribution >= 4 is 28.2 Å². The fraction of sp³-hybridized carbons (Fsp3) is 0.167. The quantitative estimate of drug-likeness (QED) is 0.367. The fourth-order valence-electron chi connectivity index (χ4n) is 3.61. The van der Waals surface area contributed by atoms with E-state index in [1.807, 2.05) is 66.9 Å². The number of fused-ring (bicyclic) bond motifs is 1. The molecule has 0 aliphatic carbocycles. The van der Waals surface area contributed by atoms with Gasteiger partial charge in [0.2, 0.25) is 0 Å². The Labute approximate surface area is 167 Å². The average Bonchev–Trinajstić information content (AvgIpc) is 3.19. The number of allylic oxidation sites excluding steroid dienone is 3. The van der Waals surface area contributed by atoms with E-state index in [2.05, 4.69) is 6.58 Å². The van der Waals surface area contributed by atoms with Crippen molar-refractivity contribution < 1.29 is 13.2 Å². The van der Waals surface area contributed by atoms with Gasteiger partial charge in [-0.3, -0.25) is 0 Å². The molecule has 1 aromatic heterocycles. The molecule has 0 aliphatic heterocycles. The molecule has 1 atom stereocenters. The molecule has 0 saturated heterocycles. The van der Waals surface area contributed by atoms with Gasteiger partial charge in [-0.05, 0) is 51.9 Å². The van der Waals surface area contributed by atoms with Crippen LogP contribution in [0.1, 0.15) is 29.3 Å². The van der Waals surface area contributed by atoms with Crippen LogP contribution in [0, 0.1) is 6.92 Å². The lowest BCUT2D eigenvalue weighted by molar-refractivity contribution is 0.353. The maximum atomic E-state index is 14.2. The van der Waals surface area contributed by atoms with Crippen LogP contribution >= 0.6 is 11.3 Å². The molecule has 0 spiro atoms. The van der Waals surface area contributed by atoms with E-state index < -0.39 is 23.7 Å². The van der Waals surface area contributed by atoms with Crippen molar-refractivity contribution in [2.24, 2.45) is 0 Å². The van der Waals surface area contributed by atoms with Crippen molar-refractivity contribution in [2.45, 2.75) is 25.7 Å². The van der Waals surface area contributed by atoms with E-state index in [1.165, 1.54) is 0 Å². The minimum atomic E-state index is -2.28. The Kier molecular flexibility index (Phi) is 5.90. The number of halogens is 3. The largest absolute Gasteiger partial charge is 0.301 e. The number of thiophene rings is 1. The molecular formula is C24H21F3S. The summed E-state index contributed by atoms with van der Waals surface area (Å²) >= 11 is 1.56. The molecule has 3 rings (SSSR count). The van der Waals surface area contributed by atoms with Crippen molar-refractivity contribution in [3.05, 3.63) is 100 Å². The topological polar surface area (TPSA) is 0 Å².